The van der Waals surface area contributed by atoms with Crippen molar-refractivity contribution in [1.82, 2.24) is 4.98 Å². The molecule has 0 aromatic carbocycles. The Morgan fingerprint density at radius 2 is 2.44 bits per heavy atom. The number of hydrogen-bond acceptors (Lipinski definition) is 5. The van der Waals surface area contributed by atoms with Crippen molar-refractivity contribution in [3.05, 3.63) is 18.5 Å². The fourth-order valence-corrected chi connectivity index (χ4v) is 1.49. The summed E-state index contributed by atoms with van der Waals surface area (Å²) in [5.41, 5.74) is 1.69. The number of isothiocyanates is 1. The number of ether oxygens (including phenoxy) is 1. The second-order valence-corrected chi connectivity index (χ2v) is 3.68. The first-order valence-corrected chi connectivity index (χ1v) is 5.35. The molecular weight excluding hydrogens is 222 g/mol. The number of hydrogen-bond donors (Lipinski definition) is 0. The van der Waals surface area contributed by atoms with Crippen molar-refractivity contribution in [2.45, 2.75) is 13.0 Å². The molecule has 0 radical (unpaired) electrons. The molecule has 1 heterocycles. The van der Waals surface area contributed by atoms with Crippen LogP contribution in [0.4, 0.5) is 11.4 Å². The number of pyridine rings is 1. The molecule has 1 aromatic rings. The molecular formula is C11H15N3OS. The van der Waals surface area contributed by atoms with Crippen molar-refractivity contribution in [2.75, 3.05) is 25.6 Å². The van der Waals surface area contributed by atoms with Crippen LogP contribution in [0.5, 0.6) is 0 Å². The molecule has 0 saturated carbocycles. The first kappa shape index (κ1) is 12.8. The molecule has 0 amide bonds. The van der Waals surface area contributed by atoms with Crippen molar-refractivity contribution in [2.24, 2.45) is 4.99 Å². The van der Waals surface area contributed by atoms with Crippen LogP contribution in [-0.4, -0.2) is 37.0 Å². The van der Waals surface area contributed by atoms with Crippen molar-refractivity contribution < 1.29 is 4.74 Å². The Kier molecular flexibility index (Phi) is 5.05. The SMILES string of the molecule is COC(C)CN(C)c1ccncc1N=C=S. The Morgan fingerprint density at radius 3 is 3.06 bits per heavy atom. The van der Waals surface area contributed by atoms with Gasteiger partial charge in [0.2, 0.25) is 0 Å². The normalized spacial score (nSPS) is 11.7. The third-order valence-corrected chi connectivity index (χ3v) is 2.38. The summed E-state index contributed by atoms with van der Waals surface area (Å²) in [5, 5.41) is 2.36. The van der Waals surface area contributed by atoms with E-state index in [1.54, 1.807) is 19.5 Å². The molecule has 4 nitrogen and oxygen atoms in total. The Morgan fingerprint density at radius 1 is 1.69 bits per heavy atom. The highest BCUT2D eigenvalue weighted by Gasteiger charge is 2.09. The molecule has 16 heavy (non-hydrogen) atoms. The molecule has 0 aliphatic rings. The largest absolute Gasteiger partial charge is 0.380 e. The smallest absolute Gasteiger partial charge is 0.116 e. The molecule has 0 aliphatic carbocycles. The predicted octanol–water partition coefficient (Wildman–Crippen LogP) is 2.29. The molecule has 0 N–H and O–H groups in total. The Bertz CT molecular complexity index is 391. The predicted molar refractivity (Wildman–Crippen MR) is 68.7 cm³/mol. The highest BCUT2D eigenvalue weighted by atomic mass is 32.1. The second kappa shape index (κ2) is 6.33. The summed E-state index contributed by atoms with van der Waals surface area (Å²) in [4.78, 5) is 10.0. The lowest BCUT2D eigenvalue weighted by Crippen LogP contribution is -2.28. The van der Waals surface area contributed by atoms with Gasteiger partial charge in [-0.25, -0.2) is 0 Å². The van der Waals surface area contributed by atoms with E-state index in [1.807, 2.05) is 20.0 Å². The standard InChI is InChI=1S/C11H15N3OS/c1-9(15-3)7-14(2)11-4-5-12-6-10(11)13-8-16/h4-6,9H,7H2,1-3H3. The van der Waals surface area contributed by atoms with Crippen molar-refractivity contribution in [1.29, 1.82) is 0 Å². The van der Waals surface area contributed by atoms with Crippen molar-refractivity contribution >= 4 is 28.8 Å². The molecule has 5 heteroatoms. The first-order chi connectivity index (χ1) is 7.69. The van der Waals surface area contributed by atoms with E-state index in [4.69, 9.17) is 4.74 Å². The van der Waals surface area contributed by atoms with Crippen molar-refractivity contribution in [3.63, 3.8) is 0 Å². The van der Waals surface area contributed by atoms with E-state index in [1.165, 1.54) is 0 Å². The van der Waals surface area contributed by atoms with Crippen LogP contribution in [0.3, 0.4) is 0 Å². The highest BCUT2D eigenvalue weighted by Crippen LogP contribution is 2.25. The number of aromatic nitrogens is 1. The van der Waals surface area contributed by atoms with E-state index >= 15 is 0 Å². The van der Waals surface area contributed by atoms with Crippen LogP contribution in [0.15, 0.2) is 23.5 Å². The minimum absolute atomic E-state index is 0.155. The summed E-state index contributed by atoms with van der Waals surface area (Å²) < 4.78 is 5.22. The van der Waals surface area contributed by atoms with E-state index in [9.17, 15) is 0 Å². The van der Waals surface area contributed by atoms with Gasteiger partial charge in [-0.1, -0.05) is 0 Å². The quantitative estimate of drug-likeness (QED) is 0.581. The van der Waals surface area contributed by atoms with Crippen LogP contribution in [0.1, 0.15) is 6.92 Å². The Balaban J connectivity index is 2.89. The lowest BCUT2D eigenvalue weighted by molar-refractivity contribution is 0.124. The fourth-order valence-electron chi connectivity index (χ4n) is 1.40. The number of likely N-dealkylation sites (N-methyl/N-ethyl adjacent to an activating group) is 1. The monoisotopic (exact) mass is 237 g/mol. The summed E-state index contributed by atoms with van der Waals surface area (Å²) in [7, 11) is 3.67. The number of rotatable bonds is 5. The van der Waals surface area contributed by atoms with Gasteiger partial charge in [0.1, 0.15) is 5.69 Å². The van der Waals surface area contributed by atoms with Crippen LogP contribution in [0.2, 0.25) is 0 Å². The van der Waals surface area contributed by atoms with Gasteiger partial charge < -0.3 is 9.64 Å². The summed E-state index contributed by atoms with van der Waals surface area (Å²) in [5.74, 6) is 0. The number of aliphatic imine (C=N–C) groups is 1. The van der Waals surface area contributed by atoms with Gasteiger partial charge in [0.15, 0.2) is 0 Å². The minimum atomic E-state index is 0.155. The molecule has 0 saturated heterocycles. The van der Waals surface area contributed by atoms with Crippen molar-refractivity contribution in [3.8, 4) is 0 Å². The number of thiocarbonyl (C=S) groups is 1. The van der Waals surface area contributed by atoms with Gasteiger partial charge in [-0.2, -0.15) is 4.99 Å². The number of anilines is 1. The molecule has 1 unspecified atom stereocenters. The maximum Gasteiger partial charge on any atom is 0.116 e. The van der Waals surface area contributed by atoms with Crippen LogP contribution in [0, 0.1) is 0 Å². The van der Waals surface area contributed by atoms with Crippen LogP contribution >= 0.6 is 12.2 Å². The van der Waals surface area contributed by atoms with Gasteiger partial charge in [0, 0.05) is 26.9 Å². The zero-order chi connectivity index (χ0) is 12.0. The average Bonchev–Trinajstić information content (AvgIpc) is 2.30. The molecule has 1 rings (SSSR count). The highest BCUT2D eigenvalue weighted by molar-refractivity contribution is 7.78. The fraction of sp³-hybridized carbons (Fsp3) is 0.455. The average molecular weight is 237 g/mol. The Labute approximate surface area is 101 Å². The van der Waals surface area contributed by atoms with E-state index in [-0.39, 0.29) is 6.10 Å². The van der Waals surface area contributed by atoms with Gasteiger partial charge in [0.05, 0.1) is 23.1 Å². The molecule has 86 valence electrons. The molecule has 1 atom stereocenters. The Hall–Kier alpha value is -1.29. The minimum Gasteiger partial charge on any atom is -0.380 e. The van der Waals surface area contributed by atoms with E-state index in [0.717, 1.165) is 17.9 Å². The zero-order valence-corrected chi connectivity index (χ0v) is 10.5. The maximum atomic E-state index is 5.22. The van der Waals surface area contributed by atoms with E-state index in [0.29, 0.717) is 0 Å². The summed E-state index contributed by atoms with van der Waals surface area (Å²) >= 11 is 4.60. The van der Waals surface area contributed by atoms with Gasteiger partial charge in [-0.15, -0.1) is 0 Å². The van der Waals surface area contributed by atoms with Crippen LogP contribution in [-0.2, 0) is 4.74 Å². The summed E-state index contributed by atoms with van der Waals surface area (Å²) in [6.07, 6.45) is 3.55. The number of nitrogens with zero attached hydrogens (tertiary/aromatic N) is 3. The zero-order valence-electron chi connectivity index (χ0n) is 9.67. The van der Waals surface area contributed by atoms with E-state index in [2.05, 4.69) is 32.3 Å². The molecule has 0 aliphatic heterocycles. The first-order valence-electron chi connectivity index (χ1n) is 4.95. The molecule has 0 bridgehead atoms. The summed E-state index contributed by atoms with van der Waals surface area (Å²) in [6, 6.07) is 1.90. The van der Waals surface area contributed by atoms with Crippen LogP contribution < -0.4 is 4.90 Å². The number of methoxy groups -OCH3 is 1. The molecule has 1 aromatic heterocycles. The lowest BCUT2D eigenvalue weighted by Gasteiger charge is -2.23. The molecule has 0 fully saturated rings. The third kappa shape index (κ3) is 3.38. The summed E-state index contributed by atoms with van der Waals surface area (Å²) in [6.45, 7) is 2.79. The van der Waals surface area contributed by atoms with Gasteiger partial charge in [-0.05, 0) is 25.2 Å². The maximum absolute atomic E-state index is 5.22. The van der Waals surface area contributed by atoms with Gasteiger partial charge >= 0.3 is 0 Å². The third-order valence-electron chi connectivity index (χ3n) is 2.29. The van der Waals surface area contributed by atoms with E-state index < -0.39 is 0 Å². The van der Waals surface area contributed by atoms with Crippen LogP contribution in [0.25, 0.3) is 0 Å². The lowest BCUT2D eigenvalue weighted by atomic mass is 10.3. The second-order valence-electron chi connectivity index (χ2n) is 3.49. The van der Waals surface area contributed by atoms with Gasteiger partial charge in [0.25, 0.3) is 0 Å². The molecule has 0 spiro atoms. The topological polar surface area (TPSA) is 37.7 Å². The van der Waals surface area contributed by atoms with Gasteiger partial charge in [-0.3, -0.25) is 4.98 Å².